The van der Waals surface area contributed by atoms with Crippen molar-refractivity contribution in [3.05, 3.63) is 0 Å². The summed E-state index contributed by atoms with van der Waals surface area (Å²) in [7, 11) is 2.13. The van der Waals surface area contributed by atoms with Crippen LogP contribution in [0.3, 0.4) is 0 Å². The molecule has 0 aromatic rings. The molecule has 92 valence electrons. The molecule has 1 N–H and O–H groups in total. The lowest BCUT2D eigenvalue weighted by Gasteiger charge is -2.20. The standard InChI is InChI=1S/C12H23N3O/c1-14-7-2-8-15(10-9-14)12(16)5-6-13-11-3-4-11/h11,13H,2-10H2,1H3. The second-order valence-corrected chi connectivity index (χ2v) is 5.02. The highest BCUT2D eigenvalue weighted by atomic mass is 16.2. The molecule has 0 unspecified atom stereocenters. The van der Waals surface area contributed by atoms with E-state index in [-0.39, 0.29) is 0 Å². The summed E-state index contributed by atoms with van der Waals surface area (Å²) >= 11 is 0. The molecule has 1 aliphatic carbocycles. The maximum Gasteiger partial charge on any atom is 0.223 e. The highest BCUT2D eigenvalue weighted by Crippen LogP contribution is 2.18. The second-order valence-electron chi connectivity index (χ2n) is 5.02. The molecule has 0 aromatic carbocycles. The van der Waals surface area contributed by atoms with E-state index in [4.69, 9.17) is 0 Å². The van der Waals surface area contributed by atoms with Crippen molar-refractivity contribution in [3.63, 3.8) is 0 Å². The molecule has 4 nitrogen and oxygen atoms in total. The van der Waals surface area contributed by atoms with Gasteiger partial charge in [-0.3, -0.25) is 4.79 Å². The second kappa shape index (κ2) is 5.64. The summed E-state index contributed by atoms with van der Waals surface area (Å²) in [5.74, 6) is 0.323. The largest absolute Gasteiger partial charge is 0.341 e. The maximum absolute atomic E-state index is 11.9. The number of carbonyl (C=O) groups excluding carboxylic acids is 1. The van der Waals surface area contributed by atoms with Crippen molar-refractivity contribution < 1.29 is 4.79 Å². The van der Waals surface area contributed by atoms with Crippen molar-refractivity contribution in [1.82, 2.24) is 15.1 Å². The fraction of sp³-hybridized carbons (Fsp3) is 0.917. The van der Waals surface area contributed by atoms with E-state index in [2.05, 4.69) is 17.3 Å². The molecule has 1 saturated heterocycles. The highest BCUT2D eigenvalue weighted by molar-refractivity contribution is 5.76. The van der Waals surface area contributed by atoms with Gasteiger partial charge in [0.15, 0.2) is 0 Å². The van der Waals surface area contributed by atoms with Crippen molar-refractivity contribution in [2.75, 3.05) is 39.8 Å². The summed E-state index contributed by atoms with van der Waals surface area (Å²) in [5.41, 5.74) is 0. The van der Waals surface area contributed by atoms with E-state index < -0.39 is 0 Å². The van der Waals surface area contributed by atoms with Gasteiger partial charge >= 0.3 is 0 Å². The number of nitrogens with one attached hydrogen (secondary N) is 1. The van der Waals surface area contributed by atoms with E-state index in [0.717, 1.165) is 39.1 Å². The third-order valence-electron chi connectivity index (χ3n) is 3.42. The Morgan fingerprint density at radius 2 is 2.06 bits per heavy atom. The van der Waals surface area contributed by atoms with Crippen LogP contribution in [0.1, 0.15) is 25.7 Å². The summed E-state index contributed by atoms with van der Waals surface area (Å²) in [6.07, 6.45) is 4.36. The molecule has 0 aromatic heterocycles. The summed E-state index contributed by atoms with van der Waals surface area (Å²) in [6.45, 7) is 4.83. The fourth-order valence-corrected chi connectivity index (χ4v) is 2.12. The number of amides is 1. The van der Waals surface area contributed by atoms with Gasteiger partial charge in [0, 0.05) is 38.6 Å². The molecule has 0 atom stereocenters. The normalized spacial score (nSPS) is 23.2. The van der Waals surface area contributed by atoms with Crippen LogP contribution in [0.25, 0.3) is 0 Å². The van der Waals surface area contributed by atoms with Crippen molar-refractivity contribution in [1.29, 1.82) is 0 Å². The predicted octanol–water partition coefficient (Wildman–Crippen LogP) is 0.293. The Labute approximate surface area is 98.0 Å². The summed E-state index contributed by atoms with van der Waals surface area (Å²) in [5, 5.41) is 3.39. The fourth-order valence-electron chi connectivity index (χ4n) is 2.12. The molecule has 4 heteroatoms. The minimum Gasteiger partial charge on any atom is -0.341 e. The smallest absolute Gasteiger partial charge is 0.223 e. The number of carbonyl (C=O) groups is 1. The van der Waals surface area contributed by atoms with Crippen molar-refractivity contribution in [3.8, 4) is 0 Å². The first-order valence-electron chi connectivity index (χ1n) is 6.45. The number of hydrogen-bond donors (Lipinski definition) is 1. The number of rotatable bonds is 4. The molecule has 0 radical (unpaired) electrons. The Morgan fingerprint density at radius 3 is 2.81 bits per heavy atom. The molecule has 0 bridgehead atoms. The first-order valence-corrected chi connectivity index (χ1v) is 6.45. The van der Waals surface area contributed by atoms with Crippen LogP contribution >= 0.6 is 0 Å². The van der Waals surface area contributed by atoms with Crippen LogP contribution in [0.4, 0.5) is 0 Å². The Bertz CT molecular complexity index is 240. The Hall–Kier alpha value is -0.610. The molecular weight excluding hydrogens is 202 g/mol. The zero-order valence-electron chi connectivity index (χ0n) is 10.2. The van der Waals surface area contributed by atoms with Gasteiger partial charge in [-0.25, -0.2) is 0 Å². The van der Waals surface area contributed by atoms with E-state index in [1.807, 2.05) is 4.90 Å². The van der Waals surface area contributed by atoms with E-state index in [1.54, 1.807) is 0 Å². The van der Waals surface area contributed by atoms with Gasteiger partial charge in [-0.2, -0.15) is 0 Å². The van der Waals surface area contributed by atoms with E-state index in [0.29, 0.717) is 18.4 Å². The Kier molecular flexibility index (Phi) is 4.18. The molecule has 2 fully saturated rings. The van der Waals surface area contributed by atoms with E-state index in [9.17, 15) is 4.79 Å². The molecule has 0 spiro atoms. The third kappa shape index (κ3) is 3.76. The average Bonchev–Trinajstić information content (AvgIpc) is 3.06. The highest BCUT2D eigenvalue weighted by Gasteiger charge is 2.21. The van der Waals surface area contributed by atoms with Gasteiger partial charge in [-0.1, -0.05) is 0 Å². The molecule has 1 amide bonds. The van der Waals surface area contributed by atoms with Crippen LogP contribution < -0.4 is 5.32 Å². The van der Waals surface area contributed by atoms with Crippen molar-refractivity contribution in [2.24, 2.45) is 0 Å². The number of hydrogen-bond acceptors (Lipinski definition) is 3. The zero-order valence-corrected chi connectivity index (χ0v) is 10.2. The van der Waals surface area contributed by atoms with Gasteiger partial charge < -0.3 is 15.1 Å². The molecule has 2 rings (SSSR count). The lowest BCUT2D eigenvalue weighted by molar-refractivity contribution is -0.130. The SMILES string of the molecule is CN1CCCN(C(=O)CCNC2CC2)CC1. The van der Waals surface area contributed by atoms with Gasteiger partial charge in [0.05, 0.1) is 0 Å². The van der Waals surface area contributed by atoms with Crippen LogP contribution in [0, 0.1) is 0 Å². The van der Waals surface area contributed by atoms with Crippen molar-refractivity contribution >= 4 is 5.91 Å². The van der Waals surface area contributed by atoms with Gasteiger partial charge in [-0.15, -0.1) is 0 Å². The first-order chi connectivity index (χ1) is 7.75. The summed E-state index contributed by atoms with van der Waals surface area (Å²) in [6, 6.07) is 0.711. The zero-order chi connectivity index (χ0) is 11.4. The van der Waals surface area contributed by atoms with Crippen LogP contribution in [0.15, 0.2) is 0 Å². The van der Waals surface area contributed by atoms with Crippen LogP contribution in [0.5, 0.6) is 0 Å². The molecule has 1 saturated carbocycles. The van der Waals surface area contributed by atoms with E-state index >= 15 is 0 Å². The lowest BCUT2D eigenvalue weighted by atomic mass is 10.3. The third-order valence-corrected chi connectivity index (χ3v) is 3.42. The minimum absolute atomic E-state index is 0.323. The predicted molar refractivity (Wildman–Crippen MR) is 64.3 cm³/mol. The molecule has 16 heavy (non-hydrogen) atoms. The number of likely N-dealkylation sites (N-methyl/N-ethyl adjacent to an activating group) is 1. The van der Waals surface area contributed by atoms with Gasteiger partial charge in [0.2, 0.25) is 5.91 Å². The Balaban J connectivity index is 1.66. The Morgan fingerprint density at radius 1 is 1.25 bits per heavy atom. The monoisotopic (exact) mass is 225 g/mol. The summed E-state index contributed by atoms with van der Waals surface area (Å²) < 4.78 is 0. The van der Waals surface area contributed by atoms with Crippen molar-refractivity contribution in [2.45, 2.75) is 31.7 Å². The minimum atomic E-state index is 0.323. The quantitative estimate of drug-likeness (QED) is 0.747. The maximum atomic E-state index is 11.9. The van der Waals surface area contributed by atoms with Crippen LogP contribution in [0.2, 0.25) is 0 Å². The van der Waals surface area contributed by atoms with Gasteiger partial charge in [-0.05, 0) is 32.9 Å². The first kappa shape index (κ1) is 11.9. The molecule has 1 aliphatic heterocycles. The topological polar surface area (TPSA) is 35.6 Å². The van der Waals surface area contributed by atoms with Crippen LogP contribution in [-0.2, 0) is 4.79 Å². The molecule has 2 aliphatic rings. The van der Waals surface area contributed by atoms with Gasteiger partial charge in [0.1, 0.15) is 0 Å². The van der Waals surface area contributed by atoms with E-state index in [1.165, 1.54) is 12.8 Å². The number of nitrogens with zero attached hydrogens (tertiary/aromatic N) is 2. The lowest BCUT2D eigenvalue weighted by Crippen LogP contribution is -2.36. The molecule has 1 heterocycles. The molecular formula is C12H23N3O. The van der Waals surface area contributed by atoms with Crippen LogP contribution in [-0.4, -0.2) is 61.5 Å². The van der Waals surface area contributed by atoms with Gasteiger partial charge in [0.25, 0.3) is 0 Å². The average molecular weight is 225 g/mol. The summed E-state index contributed by atoms with van der Waals surface area (Å²) in [4.78, 5) is 16.3.